The highest BCUT2D eigenvalue weighted by atomic mass is 35.5. The van der Waals surface area contributed by atoms with Crippen LogP contribution in [0.15, 0.2) is 71.2 Å². The Balaban J connectivity index is 1.91. The van der Waals surface area contributed by atoms with Crippen molar-refractivity contribution in [1.82, 2.24) is 0 Å². The highest BCUT2D eigenvalue weighted by Crippen LogP contribution is 2.46. The van der Waals surface area contributed by atoms with E-state index in [4.69, 9.17) is 17.3 Å². The lowest BCUT2D eigenvalue weighted by atomic mass is 9.75. The molecular formula is C24H23ClN4O. The van der Waals surface area contributed by atoms with Crippen molar-refractivity contribution >= 4 is 28.8 Å². The molecular weight excluding hydrogens is 396 g/mol. The zero-order valence-electron chi connectivity index (χ0n) is 17.0. The number of halogens is 1. The van der Waals surface area contributed by atoms with Gasteiger partial charge in [-0.05, 0) is 54.8 Å². The number of nitrogens with zero attached hydrogens (tertiary/aromatic N) is 3. The first-order valence-corrected chi connectivity index (χ1v) is 10.3. The first kappa shape index (κ1) is 20.1. The van der Waals surface area contributed by atoms with E-state index in [1.807, 2.05) is 60.3 Å². The fourth-order valence-corrected chi connectivity index (χ4v) is 4.40. The molecule has 0 saturated carbocycles. The van der Waals surface area contributed by atoms with E-state index in [1.54, 1.807) is 12.1 Å². The lowest BCUT2D eigenvalue weighted by Crippen LogP contribution is -2.38. The van der Waals surface area contributed by atoms with Crippen LogP contribution in [-0.4, -0.2) is 19.9 Å². The minimum atomic E-state index is -0.447. The Morgan fingerprint density at radius 3 is 2.37 bits per heavy atom. The van der Waals surface area contributed by atoms with Gasteiger partial charge in [-0.15, -0.1) is 0 Å². The summed E-state index contributed by atoms with van der Waals surface area (Å²) < 4.78 is 0. The van der Waals surface area contributed by atoms with Crippen LogP contribution in [0.2, 0.25) is 5.02 Å². The summed E-state index contributed by atoms with van der Waals surface area (Å²) in [4.78, 5) is 17.0. The van der Waals surface area contributed by atoms with E-state index in [1.165, 1.54) is 0 Å². The van der Waals surface area contributed by atoms with Crippen LogP contribution < -0.4 is 15.5 Å². The van der Waals surface area contributed by atoms with Gasteiger partial charge in [-0.2, -0.15) is 5.26 Å². The zero-order chi connectivity index (χ0) is 21.4. The van der Waals surface area contributed by atoms with E-state index in [9.17, 15) is 10.1 Å². The maximum atomic E-state index is 13.1. The average molecular weight is 419 g/mol. The maximum Gasteiger partial charge on any atom is 0.161 e. The predicted octanol–water partition coefficient (Wildman–Crippen LogP) is 4.71. The standard InChI is InChI=1S/C24H23ClN4O/c1-28(2)17-10-6-15(7-11-17)22-19(14-26)24(27)29(18-12-8-16(25)9-13-18)20-4-3-5-21(30)23(20)22/h6-13,22H,3-5,27H2,1-2H3. The van der Waals surface area contributed by atoms with E-state index in [2.05, 4.69) is 6.07 Å². The minimum Gasteiger partial charge on any atom is -0.384 e. The SMILES string of the molecule is CN(C)c1ccc(C2C(C#N)=C(N)N(c3ccc(Cl)cc3)C3=C2C(=O)CCC3)cc1. The normalized spacial score (nSPS) is 18.9. The summed E-state index contributed by atoms with van der Waals surface area (Å²) >= 11 is 6.06. The van der Waals surface area contributed by atoms with Crippen LogP contribution in [0.25, 0.3) is 0 Å². The van der Waals surface area contributed by atoms with Crippen LogP contribution in [0.1, 0.15) is 30.7 Å². The summed E-state index contributed by atoms with van der Waals surface area (Å²) in [5.74, 6) is 0.00432. The van der Waals surface area contributed by atoms with Crippen LogP contribution >= 0.6 is 11.6 Å². The van der Waals surface area contributed by atoms with Crippen molar-refractivity contribution in [3.63, 3.8) is 0 Å². The molecule has 1 atom stereocenters. The fourth-order valence-electron chi connectivity index (χ4n) is 4.27. The summed E-state index contributed by atoms with van der Waals surface area (Å²) in [7, 11) is 3.95. The third kappa shape index (κ3) is 3.34. The smallest absolute Gasteiger partial charge is 0.161 e. The number of carbonyl (C=O) groups excluding carboxylic acids is 1. The van der Waals surface area contributed by atoms with Crippen molar-refractivity contribution in [2.75, 3.05) is 23.9 Å². The molecule has 2 aliphatic rings. The Hall–Kier alpha value is -3.23. The van der Waals surface area contributed by atoms with Crippen molar-refractivity contribution in [2.24, 2.45) is 5.73 Å². The second kappa shape index (κ2) is 7.89. The highest BCUT2D eigenvalue weighted by Gasteiger charge is 2.40. The quantitative estimate of drug-likeness (QED) is 0.781. The molecule has 0 radical (unpaired) electrons. The molecule has 0 aromatic heterocycles. The lowest BCUT2D eigenvalue weighted by molar-refractivity contribution is -0.116. The molecule has 6 heteroatoms. The van der Waals surface area contributed by atoms with Gasteiger partial charge in [-0.1, -0.05) is 23.7 Å². The van der Waals surface area contributed by atoms with E-state index in [0.717, 1.165) is 35.5 Å². The molecule has 5 nitrogen and oxygen atoms in total. The minimum absolute atomic E-state index is 0.0807. The van der Waals surface area contributed by atoms with Gasteiger partial charge in [0.2, 0.25) is 0 Å². The number of hydrogen-bond donors (Lipinski definition) is 1. The molecule has 0 fully saturated rings. The molecule has 2 N–H and O–H groups in total. The van der Waals surface area contributed by atoms with Gasteiger partial charge in [0.1, 0.15) is 5.82 Å². The van der Waals surface area contributed by atoms with Crippen LogP contribution in [0.5, 0.6) is 0 Å². The summed E-state index contributed by atoms with van der Waals surface area (Å²) in [6.07, 6.45) is 1.98. The molecule has 2 aromatic rings. The average Bonchev–Trinajstić information content (AvgIpc) is 2.74. The summed E-state index contributed by atoms with van der Waals surface area (Å²) in [6.45, 7) is 0. The summed E-state index contributed by atoms with van der Waals surface area (Å²) in [5, 5.41) is 10.7. The summed E-state index contributed by atoms with van der Waals surface area (Å²) in [5.41, 5.74) is 11.3. The number of Topliss-reactive ketones (excluding diaryl/α,β-unsaturated/α-hetero) is 1. The van der Waals surface area contributed by atoms with Crippen molar-refractivity contribution in [2.45, 2.75) is 25.2 Å². The van der Waals surface area contributed by atoms with Gasteiger partial charge in [0.25, 0.3) is 0 Å². The van der Waals surface area contributed by atoms with Crippen molar-refractivity contribution in [1.29, 1.82) is 5.26 Å². The second-order valence-electron chi connectivity index (χ2n) is 7.78. The third-order valence-corrected chi connectivity index (χ3v) is 5.99. The van der Waals surface area contributed by atoms with Gasteiger partial charge in [0, 0.05) is 48.2 Å². The van der Waals surface area contributed by atoms with E-state index < -0.39 is 5.92 Å². The number of anilines is 2. The van der Waals surface area contributed by atoms with Gasteiger partial charge in [-0.3, -0.25) is 9.69 Å². The highest BCUT2D eigenvalue weighted by molar-refractivity contribution is 6.30. The van der Waals surface area contributed by atoms with Crippen molar-refractivity contribution < 1.29 is 4.79 Å². The molecule has 4 rings (SSSR count). The molecule has 0 saturated heterocycles. The van der Waals surface area contributed by atoms with Gasteiger partial charge < -0.3 is 10.6 Å². The fraction of sp³-hybridized carbons (Fsp3) is 0.250. The van der Waals surface area contributed by atoms with E-state index in [-0.39, 0.29) is 5.78 Å². The van der Waals surface area contributed by atoms with Crippen molar-refractivity contribution in [3.05, 3.63) is 81.8 Å². The number of carbonyl (C=O) groups is 1. The number of ketones is 1. The monoisotopic (exact) mass is 418 g/mol. The Morgan fingerprint density at radius 2 is 1.77 bits per heavy atom. The zero-order valence-corrected chi connectivity index (χ0v) is 17.8. The first-order chi connectivity index (χ1) is 14.4. The molecule has 2 aromatic carbocycles. The molecule has 1 aliphatic heterocycles. The van der Waals surface area contributed by atoms with Crippen LogP contribution in [0.4, 0.5) is 11.4 Å². The largest absolute Gasteiger partial charge is 0.384 e. The van der Waals surface area contributed by atoms with Gasteiger partial charge in [0.05, 0.1) is 17.6 Å². The van der Waals surface area contributed by atoms with Crippen LogP contribution in [0, 0.1) is 11.3 Å². The topological polar surface area (TPSA) is 73.4 Å². The number of allylic oxidation sites excluding steroid dienone is 3. The Labute approximate surface area is 181 Å². The Morgan fingerprint density at radius 1 is 1.10 bits per heavy atom. The Bertz CT molecular complexity index is 1090. The van der Waals surface area contributed by atoms with E-state index >= 15 is 0 Å². The third-order valence-electron chi connectivity index (χ3n) is 5.74. The van der Waals surface area contributed by atoms with Gasteiger partial charge in [0.15, 0.2) is 5.78 Å². The molecule has 0 spiro atoms. The number of rotatable bonds is 3. The maximum absolute atomic E-state index is 13.1. The molecule has 1 heterocycles. The van der Waals surface area contributed by atoms with E-state index in [0.29, 0.717) is 28.4 Å². The predicted molar refractivity (Wildman–Crippen MR) is 120 cm³/mol. The number of nitriles is 1. The van der Waals surface area contributed by atoms with Gasteiger partial charge in [-0.25, -0.2) is 0 Å². The molecule has 30 heavy (non-hydrogen) atoms. The second-order valence-corrected chi connectivity index (χ2v) is 8.22. The van der Waals surface area contributed by atoms with Gasteiger partial charge >= 0.3 is 0 Å². The molecule has 1 aliphatic carbocycles. The lowest BCUT2D eigenvalue weighted by Gasteiger charge is -2.39. The summed E-state index contributed by atoms with van der Waals surface area (Å²) in [6, 6.07) is 17.5. The molecule has 152 valence electrons. The van der Waals surface area contributed by atoms with Crippen LogP contribution in [0.3, 0.4) is 0 Å². The Kier molecular flexibility index (Phi) is 5.27. The molecule has 0 amide bonds. The number of nitrogens with two attached hydrogens (primary N) is 1. The first-order valence-electron chi connectivity index (χ1n) is 9.91. The molecule has 0 bridgehead atoms. The number of hydrogen-bond acceptors (Lipinski definition) is 5. The van der Waals surface area contributed by atoms with Crippen molar-refractivity contribution in [3.8, 4) is 6.07 Å². The van der Waals surface area contributed by atoms with Crippen LogP contribution in [-0.2, 0) is 4.79 Å². The molecule has 1 unspecified atom stereocenters. The number of benzene rings is 2.